The van der Waals surface area contributed by atoms with Crippen LogP contribution in [0.5, 0.6) is 11.5 Å². The quantitative estimate of drug-likeness (QED) is 0.265. The van der Waals surface area contributed by atoms with E-state index in [9.17, 15) is 19.1 Å². The average Bonchev–Trinajstić information content (AvgIpc) is 3.23. The predicted molar refractivity (Wildman–Crippen MR) is 156 cm³/mol. The lowest BCUT2D eigenvalue weighted by Gasteiger charge is -2.14. The van der Waals surface area contributed by atoms with Crippen molar-refractivity contribution in [3.05, 3.63) is 109 Å². The summed E-state index contributed by atoms with van der Waals surface area (Å²) in [6, 6.07) is 16.3. The van der Waals surface area contributed by atoms with Gasteiger partial charge in [-0.3, -0.25) is 4.79 Å². The molecule has 0 unspecified atom stereocenters. The Kier molecular flexibility index (Phi) is 9.44. The molecule has 0 saturated heterocycles. The van der Waals surface area contributed by atoms with Crippen molar-refractivity contribution in [3.63, 3.8) is 0 Å². The maximum atomic E-state index is 13.2. The smallest absolute Gasteiger partial charge is 0.344 e. The van der Waals surface area contributed by atoms with Crippen LogP contribution in [0.15, 0.2) is 86.4 Å². The summed E-state index contributed by atoms with van der Waals surface area (Å²) in [6.07, 6.45) is 1.63. The van der Waals surface area contributed by atoms with E-state index in [4.69, 9.17) is 14.2 Å². The van der Waals surface area contributed by atoms with Gasteiger partial charge in [0.1, 0.15) is 28.8 Å². The molecule has 0 fully saturated rings. The highest BCUT2D eigenvalue weighted by atomic mass is 79.9. The monoisotopic (exact) mass is 625 g/mol. The number of amides is 1. The van der Waals surface area contributed by atoms with Crippen LogP contribution in [0, 0.1) is 12.7 Å². The van der Waals surface area contributed by atoms with Crippen molar-refractivity contribution in [1.82, 2.24) is 0 Å². The number of aliphatic hydroxyl groups excluding tert-OH is 1. The van der Waals surface area contributed by atoms with Crippen molar-refractivity contribution in [2.24, 2.45) is 4.99 Å². The van der Waals surface area contributed by atoms with Crippen molar-refractivity contribution in [3.8, 4) is 11.5 Å². The van der Waals surface area contributed by atoms with Gasteiger partial charge in [-0.1, -0.05) is 41.6 Å². The molecule has 0 aromatic heterocycles. The van der Waals surface area contributed by atoms with E-state index in [0.29, 0.717) is 32.0 Å². The Morgan fingerprint density at radius 1 is 1.10 bits per heavy atom. The molecule has 0 spiro atoms. The number of carbonyl (C=O) groups is 2. The zero-order valence-electron chi connectivity index (χ0n) is 21.9. The lowest BCUT2D eigenvalue weighted by Crippen LogP contribution is -2.14. The zero-order valence-corrected chi connectivity index (χ0v) is 24.3. The molecule has 1 heterocycles. The van der Waals surface area contributed by atoms with Gasteiger partial charge in [-0.2, -0.15) is 0 Å². The van der Waals surface area contributed by atoms with Crippen molar-refractivity contribution < 1.29 is 33.3 Å². The first-order valence-electron chi connectivity index (χ1n) is 12.1. The van der Waals surface area contributed by atoms with Crippen LogP contribution in [0.2, 0.25) is 0 Å². The molecule has 10 heteroatoms. The Labute approximate surface area is 243 Å². The number of benzene rings is 3. The van der Waals surface area contributed by atoms with Crippen molar-refractivity contribution in [1.29, 1.82) is 0 Å². The largest absolute Gasteiger partial charge is 0.506 e. The van der Waals surface area contributed by atoms with Gasteiger partial charge in [0.2, 0.25) is 0 Å². The molecule has 0 saturated carbocycles. The maximum Gasteiger partial charge on any atom is 0.344 e. The van der Waals surface area contributed by atoms with Crippen molar-refractivity contribution in [2.75, 3.05) is 13.7 Å². The minimum atomic E-state index is -0.783. The SMILES string of the molecule is CCOC(=O)C1=C(O)/C(=C/c2cc(Br)c(OCc3ccc(F)cc3)c(OC)c2)SC1=NC(=O)c1ccc(C)cc1. The van der Waals surface area contributed by atoms with Crippen LogP contribution >= 0.6 is 27.7 Å². The number of thioether (sulfide) groups is 1. The van der Waals surface area contributed by atoms with Gasteiger partial charge in [0.05, 0.1) is 23.1 Å². The molecule has 0 bridgehead atoms. The van der Waals surface area contributed by atoms with E-state index < -0.39 is 11.9 Å². The first-order valence-corrected chi connectivity index (χ1v) is 13.8. The fraction of sp³-hybridized carbons (Fsp3) is 0.167. The van der Waals surface area contributed by atoms with E-state index in [0.717, 1.165) is 22.9 Å². The van der Waals surface area contributed by atoms with Crippen LogP contribution in [0.4, 0.5) is 4.39 Å². The van der Waals surface area contributed by atoms with Crippen LogP contribution in [-0.2, 0) is 16.1 Å². The number of ether oxygens (including phenoxy) is 3. The van der Waals surface area contributed by atoms with Crippen LogP contribution in [0.25, 0.3) is 6.08 Å². The molecule has 3 aromatic carbocycles. The number of nitrogens with zero attached hydrogens (tertiary/aromatic N) is 1. The summed E-state index contributed by atoms with van der Waals surface area (Å²) in [5.74, 6) is -1.17. The topological polar surface area (TPSA) is 94.4 Å². The number of carbonyl (C=O) groups excluding carboxylic acids is 2. The third kappa shape index (κ3) is 6.81. The molecule has 7 nitrogen and oxygen atoms in total. The number of hydrogen-bond acceptors (Lipinski definition) is 7. The number of aryl methyl sites for hydroxylation is 1. The molecule has 40 heavy (non-hydrogen) atoms. The van der Waals surface area contributed by atoms with E-state index in [1.165, 1.54) is 19.2 Å². The summed E-state index contributed by atoms with van der Waals surface area (Å²) < 4.78 is 30.3. The first kappa shape index (κ1) is 29.1. The molecule has 0 aliphatic carbocycles. The first-order chi connectivity index (χ1) is 19.2. The molecule has 0 radical (unpaired) electrons. The van der Waals surface area contributed by atoms with E-state index in [1.807, 2.05) is 6.92 Å². The standard InChI is InChI=1S/C30H25BrFNO6S/c1-4-38-30(36)25-26(34)24(40-29(25)33-28(35)20-9-5-17(2)6-10-20)15-19-13-22(31)27(23(14-19)37-3)39-16-18-7-11-21(32)12-8-18/h5-15,34H,4,16H2,1-3H3/b24-15-,33-29?. The summed E-state index contributed by atoms with van der Waals surface area (Å²) in [7, 11) is 1.49. The molecular formula is C30H25BrFNO6S. The van der Waals surface area contributed by atoms with Gasteiger partial charge in [0.15, 0.2) is 11.5 Å². The molecular weight excluding hydrogens is 601 g/mol. The molecule has 1 aliphatic rings. The molecule has 4 rings (SSSR count). The van der Waals surface area contributed by atoms with Gasteiger partial charge in [-0.25, -0.2) is 14.2 Å². The van der Waals surface area contributed by atoms with Crippen LogP contribution in [0.3, 0.4) is 0 Å². The summed E-state index contributed by atoms with van der Waals surface area (Å²) in [4.78, 5) is 29.9. The van der Waals surface area contributed by atoms with Gasteiger partial charge in [-0.15, -0.1) is 0 Å². The van der Waals surface area contributed by atoms with Gasteiger partial charge in [0, 0.05) is 5.56 Å². The summed E-state index contributed by atoms with van der Waals surface area (Å²) in [5.41, 5.74) is 2.55. The van der Waals surface area contributed by atoms with Crippen molar-refractivity contribution >= 4 is 50.7 Å². The Balaban J connectivity index is 1.65. The molecule has 1 amide bonds. The zero-order chi connectivity index (χ0) is 28.8. The van der Waals surface area contributed by atoms with Crippen LogP contribution in [0.1, 0.15) is 34.0 Å². The Hall–Kier alpha value is -3.89. The van der Waals surface area contributed by atoms with E-state index in [2.05, 4.69) is 20.9 Å². The highest BCUT2D eigenvalue weighted by Gasteiger charge is 2.34. The Morgan fingerprint density at radius 2 is 1.80 bits per heavy atom. The second-order valence-corrected chi connectivity index (χ2v) is 10.5. The molecule has 1 N–H and O–H groups in total. The number of methoxy groups -OCH3 is 1. The number of aliphatic hydroxyl groups is 1. The van der Waals surface area contributed by atoms with Crippen LogP contribution < -0.4 is 9.47 Å². The summed E-state index contributed by atoms with van der Waals surface area (Å²) >= 11 is 4.48. The van der Waals surface area contributed by atoms with Gasteiger partial charge in [0.25, 0.3) is 5.91 Å². The second kappa shape index (κ2) is 13.0. The maximum absolute atomic E-state index is 13.2. The number of esters is 1. The highest BCUT2D eigenvalue weighted by Crippen LogP contribution is 2.42. The molecule has 1 aliphatic heterocycles. The lowest BCUT2D eigenvalue weighted by atomic mass is 10.1. The predicted octanol–water partition coefficient (Wildman–Crippen LogP) is 7.19. The number of halogens is 2. The highest BCUT2D eigenvalue weighted by molar-refractivity contribution is 9.10. The molecule has 206 valence electrons. The van der Waals surface area contributed by atoms with Crippen LogP contribution in [-0.4, -0.2) is 35.7 Å². The minimum Gasteiger partial charge on any atom is -0.506 e. The van der Waals surface area contributed by atoms with E-state index in [-0.39, 0.29) is 35.4 Å². The second-order valence-electron chi connectivity index (χ2n) is 8.59. The fourth-order valence-electron chi connectivity index (χ4n) is 3.70. The number of rotatable bonds is 8. The Morgan fingerprint density at radius 3 is 2.45 bits per heavy atom. The fourth-order valence-corrected chi connectivity index (χ4v) is 5.28. The van der Waals surface area contributed by atoms with Gasteiger partial charge in [-0.05, 0) is 83.4 Å². The Bertz CT molecular complexity index is 1530. The normalized spacial score (nSPS) is 15.0. The average molecular weight is 627 g/mol. The van der Waals surface area contributed by atoms with Crippen molar-refractivity contribution in [2.45, 2.75) is 20.5 Å². The number of aliphatic imine (C=N–C) groups is 1. The summed E-state index contributed by atoms with van der Waals surface area (Å²) in [5, 5.41) is 11.0. The lowest BCUT2D eigenvalue weighted by molar-refractivity contribution is -0.138. The third-order valence-electron chi connectivity index (χ3n) is 5.72. The number of hydrogen-bond donors (Lipinski definition) is 1. The molecule has 3 aromatic rings. The van der Waals surface area contributed by atoms with E-state index >= 15 is 0 Å². The summed E-state index contributed by atoms with van der Waals surface area (Å²) in [6.45, 7) is 3.82. The third-order valence-corrected chi connectivity index (χ3v) is 7.33. The van der Waals surface area contributed by atoms with E-state index in [1.54, 1.807) is 61.5 Å². The minimum absolute atomic E-state index is 0.0399. The van der Waals surface area contributed by atoms with Gasteiger partial charge >= 0.3 is 5.97 Å². The molecule has 0 atom stereocenters. The van der Waals surface area contributed by atoms with Gasteiger partial charge < -0.3 is 19.3 Å².